The lowest BCUT2D eigenvalue weighted by atomic mass is 9.42. The normalized spacial score (nSPS) is 49.8. The lowest BCUT2D eigenvalue weighted by Crippen LogP contribution is -2.74. The van der Waals surface area contributed by atoms with Crippen LogP contribution in [0.4, 0.5) is 0 Å². The number of aliphatic hydroxyl groups excluding tert-OH is 2. The van der Waals surface area contributed by atoms with Crippen LogP contribution in [-0.4, -0.2) is 57.9 Å². The van der Waals surface area contributed by atoms with Gasteiger partial charge in [-0.15, -0.1) is 0 Å². The number of allylic oxidation sites excluding steroid dienone is 1. The molecule has 1 spiro atoms. The number of ether oxygens (including phenoxy) is 3. The second kappa shape index (κ2) is 7.02. The molecule has 6 nitrogen and oxygen atoms in total. The fourth-order valence-electron chi connectivity index (χ4n) is 7.49. The molecular weight excluding hydrogens is 396 g/mol. The van der Waals surface area contributed by atoms with E-state index in [1.54, 1.807) is 0 Å². The van der Waals surface area contributed by atoms with Crippen LogP contribution in [0.3, 0.4) is 0 Å². The van der Waals surface area contributed by atoms with Crippen molar-refractivity contribution in [3.8, 4) is 0 Å². The Balaban J connectivity index is 1.62. The molecule has 0 bridgehead atoms. The zero-order valence-electron chi connectivity index (χ0n) is 20.2. The number of aliphatic hydroxyl groups is 2. The fraction of sp³-hybridized carbons (Fsp3) is 0.880. The molecule has 4 fully saturated rings. The summed E-state index contributed by atoms with van der Waals surface area (Å²) >= 11 is 0. The Bertz CT molecular complexity index is 787. The van der Waals surface area contributed by atoms with Crippen molar-refractivity contribution in [2.24, 2.45) is 16.7 Å². The number of epoxide rings is 1. The highest BCUT2D eigenvalue weighted by atomic mass is 16.7. The standard InChI is InChI=1S/C25H40O6/c1-15(2)14-17(27)29-13-12-22(5)10-11-25(31-22)23(6)16(26)8-9-21(3,4)19(23)18(28)20-24(25,7)30-20/h14,16,18-20,26,28H,8-13H2,1-7H3/t16-,18+,19-,20+,22+,23-,24+,25-/m1/s1. The Morgan fingerprint density at radius 2 is 1.77 bits per heavy atom. The zero-order valence-corrected chi connectivity index (χ0v) is 20.2. The number of esters is 1. The quantitative estimate of drug-likeness (QED) is 0.398. The molecule has 8 atom stereocenters. The van der Waals surface area contributed by atoms with Gasteiger partial charge < -0.3 is 24.4 Å². The van der Waals surface area contributed by atoms with Gasteiger partial charge in [-0.25, -0.2) is 4.79 Å². The molecule has 2 saturated carbocycles. The van der Waals surface area contributed by atoms with Gasteiger partial charge in [-0.2, -0.15) is 0 Å². The first kappa shape index (κ1) is 23.2. The van der Waals surface area contributed by atoms with Crippen LogP contribution in [0.25, 0.3) is 0 Å². The van der Waals surface area contributed by atoms with Crippen LogP contribution in [0.5, 0.6) is 0 Å². The number of hydrogen-bond donors (Lipinski definition) is 2. The molecule has 0 radical (unpaired) electrons. The summed E-state index contributed by atoms with van der Waals surface area (Å²) in [6.45, 7) is 14.6. The highest BCUT2D eigenvalue weighted by Crippen LogP contribution is 2.74. The van der Waals surface area contributed by atoms with Crippen molar-refractivity contribution in [2.45, 2.75) is 116 Å². The van der Waals surface area contributed by atoms with Crippen molar-refractivity contribution in [3.63, 3.8) is 0 Å². The van der Waals surface area contributed by atoms with Crippen LogP contribution in [0.1, 0.15) is 80.6 Å². The number of carbonyl (C=O) groups is 1. The van der Waals surface area contributed by atoms with E-state index in [4.69, 9.17) is 14.2 Å². The lowest BCUT2D eigenvalue weighted by Gasteiger charge is -2.64. The first-order valence-corrected chi connectivity index (χ1v) is 11.8. The molecule has 0 amide bonds. The Morgan fingerprint density at radius 1 is 1.10 bits per heavy atom. The highest BCUT2D eigenvalue weighted by Gasteiger charge is 2.85. The Kier molecular flexibility index (Phi) is 5.26. The second-order valence-corrected chi connectivity index (χ2v) is 12.0. The molecule has 0 unspecified atom stereocenters. The van der Waals surface area contributed by atoms with E-state index in [-0.39, 0.29) is 30.0 Å². The smallest absolute Gasteiger partial charge is 0.330 e. The molecule has 31 heavy (non-hydrogen) atoms. The molecule has 2 heterocycles. The van der Waals surface area contributed by atoms with E-state index < -0.39 is 34.4 Å². The highest BCUT2D eigenvalue weighted by molar-refractivity contribution is 5.82. The predicted molar refractivity (Wildman–Crippen MR) is 116 cm³/mol. The van der Waals surface area contributed by atoms with Gasteiger partial charge in [0, 0.05) is 23.8 Å². The third kappa shape index (κ3) is 3.16. The second-order valence-electron chi connectivity index (χ2n) is 12.0. The first-order chi connectivity index (χ1) is 14.2. The van der Waals surface area contributed by atoms with Crippen LogP contribution in [0, 0.1) is 16.7 Å². The summed E-state index contributed by atoms with van der Waals surface area (Å²) in [6.07, 6.45) is 3.73. The fourth-order valence-corrected chi connectivity index (χ4v) is 7.49. The number of carbonyl (C=O) groups excluding carboxylic acids is 1. The summed E-state index contributed by atoms with van der Waals surface area (Å²) in [5, 5.41) is 22.7. The van der Waals surface area contributed by atoms with Gasteiger partial charge in [0.05, 0.1) is 24.4 Å². The molecule has 4 aliphatic rings. The minimum Gasteiger partial charge on any atom is -0.462 e. The number of fused-ring (bicyclic) bond motifs is 4. The van der Waals surface area contributed by atoms with E-state index in [0.717, 1.165) is 24.8 Å². The molecule has 2 N–H and O–H groups in total. The molecule has 6 heteroatoms. The van der Waals surface area contributed by atoms with Crippen LogP contribution in [-0.2, 0) is 19.0 Å². The summed E-state index contributed by atoms with van der Waals surface area (Å²) in [7, 11) is 0. The van der Waals surface area contributed by atoms with Crippen molar-refractivity contribution in [2.75, 3.05) is 6.61 Å². The molecule has 2 aliphatic carbocycles. The van der Waals surface area contributed by atoms with Gasteiger partial charge in [-0.1, -0.05) is 26.3 Å². The number of rotatable bonds is 4. The van der Waals surface area contributed by atoms with Crippen molar-refractivity contribution < 1.29 is 29.2 Å². The number of hydrogen-bond acceptors (Lipinski definition) is 6. The molecule has 0 aromatic rings. The van der Waals surface area contributed by atoms with E-state index in [1.165, 1.54) is 6.08 Å². The van der Waals surface area contributed by atoms with Crippen molar-refractivity contribution >= 4 is 5.97 Å². The van der Waals surface area contributed by atoms with Gasteiger partial charge in [-0.05, 0) is 58.8 Å². The van der Waals surface area contributed by atoms with Gasteiger partial charge in [0.1, 0.15) is 17.3 Å². The molecular formula is C25H40O6. The summed E-state index contributed by atoms with van der Waals surface area (Å²) in [5.41, 5.74) is -1.65. The van der Waals surface area contributed by atoms with Crippen LogP contribution in [0.2, 0.25) is 0 Å². The Hall–Kier alpha value is -0.950. The monoisotopic (exact) mass is 436 g/mol. The van der Waals surface area contributed by atoms with Crippen molar-refractivity contribution in [1.29, 1.82) is 0 Å². The molecule has 0 aromatic carbocycles. The van der Waals surface area contributed by atoms with Crippen molar-refractivity contribution in [1.82, 2.24) is 0 Å². The molecule has 4 rings (SSSR count). The molecule has 0 aromatic heterocycles. The Labute approximate surface area is 186 Å². The van der Waals surface area contributed by atoms with E-state index in [9.17, 15) is 15.0 Å². The minimum atomic E-state index is -0.690. The maximum absolute atomic E-state index is 11.9. The predicted octanol–water partition coefficient (Wildman–Crippen LogP) is 3.53. The first-order valence-electron chi connectivity index (χ1n) is 11.8. The van der Waals surface area contributed by atoms with E-state index in [0.29, 0.717) is 12.8 Å². The average molecular weight is 437 g/mol. The summed E-state index contributed by atoms with van der Waals surface area (Å²) in [4.78, 5) is 11.9. The van der Waals surface area contributed by atoms with Gasteiger partial charge >= 0.3 is 5.97 Å². The van der Waals surface area contributed by atoms with E-state index in [2.05, 4.69) is 27.7 Å². The molecule has 2 saturated heterocycles. The summed E-state index contributed by atoms with van der Waals surface area (Å²) in [6, 6.07) is 0. The summed E-state index contributed by atoms with van der Waals surface area (Å²) in [5.74, 6) is -0.451. The third-order valence-corrected chi connectivity index (χ3v) is 9.13. The van der Waals surface area contributed by atoms with Crippen LogP contribution in [0.15, 0.2) is 11.6 Å². The van der Waals surface area contributed by atoms with Gasteiger partial charge in [-0.3, -0.25) is 0 Å². The largest absolute Gasteiger partial charge is 0.462 e. The van der Waals surface area contributed by atoms with Crippen LogP contribution < -0.4 is 0 Å². The summed E-state index contributed by atoms with van der Waals surface area (Å²) < 4.78 is 18.6. The molecule has 2 aliphatic heterocycles. The maximum atomic E-state index is 11.9. The van der Waals surface area contributed by atoms with E-state index in [1.807, 2.05) is 20.8 Å². The van der Waals surface area contributed by atoms with Gasteiger partial charge in [0.25, 0.3) is 0 Å². The third-order valence-electron chi connectivity index (χ3n) is 9.13. The van der Waals surface area contributed by atoms with Gasteiger partial charge in [0.2, 0.25) is 0 Å². The molecule has 176 valence electrons. The SMILES string of the molecule is CC(C)=CC(=O)OCC[C@]1(C)CC[C@@]2(O1)[C@]1(C)[C@H](O)CCC(C)(C)[C@H]1[C@H](O)[C@@H]1O[C@@]12C. The zero-order chi connectivity index (χ0) is 23.0. The van der Waals surface area contributed by atoms with Crippen LogP contribution >= 0.6 is 0 Å². The van der Waals surface area contributed by atoms with E-state index >= 15 is 0 Å². The lowest BCUT2D eigenvalue weighted by molar-refractivity contribution is -0.284. The minimum absolute atomic E-state index is 0.123. The topological polar surface area (TPSA) is 88.5 Å². The Morgan fingerprint density at radius 3 is 2.42 bits per heavy atom. The van der Waals surface area contributed by atoms with Crippen molar-refractivity contribution in [3.05, 3.63) is 11.6 Å². The average Bonchev–Trinajstić information content (AvgIpc) is 3.22. The van der Waals surface area contributed by atoms with Gasteiger partial charge in [0.15, 0.2) is 0 Å². The maximum Gasteiger partial charge on any atom is 0.330 e.